The molecule has 0 heterocycles. The highest BCUT2D eigenvalue weighted by Gasteiger charge is 2.38. The fraction of sp³-hybridized carbons (Fsp3) is 1.00. The SMILES string of the molecule is CC1CCCC(CNC2CC(C)(C)CC(C)(C)C2)C1. The van der Waals surface area contributed by atoms with Crippen molar-refractivity contribution in [3.05, 3.63) is 0 Å². The van der Waals surface area contributed by atoms with Gasteiger partial charge in [0.2, 0.25) is 0 Å². The van der Waals surface area contributed by atoms with E-state index >= 15 is 0 Å². The van der Waals surface area contributed by atoms with Crippen molar-refractivity contribution >= 4 is 0 Å². The van der Waals surface area contributed by atoms with Gasteiger partial charge in [0.05, 0.1) is 0 Å². The lowest BCUT2D eigenvalue weighted by atomic mass is 9.63. The van der Waals surface area contributed by atoms with Gasteiger partial charge in [-0.15, -0.1) is 0 Å². The molecular formula is C18H35N. The van der Waals surface area contributed by atoms with E-state index in [4.69, 9.17) is 0 Å². The van der Waals surface area contributed by atoms with Crippen molar-refractivity contribution in [3.63, 3.8) is 0 Å². The summed E-state index contributed by atoms with van der Waals surface area (Å²) < 4.78 is 0. The molecule has 0 aromatic carbocycles. The van der Waals surface area contributed by atoms with E-state index in [0.29, 0.717) is 10.8 Å². The van der Waals surface area contributed by atoms with Gasteiger partial charge in [-0.1, -0.05) is 47.5 Å². The predicted octanol–water partition coefficient (Wildman–Crippen LogP) is 5.01. The first-order valence-electron chi connectivity index (χ1n) is 8.49. The van der Waals surface area contributed by atoms with Crippen molar-refractivity contribution in [1.82, 2.24) is 5.32 Å². The van der Waals surface area contributed by atoms with Crippen LogP contribution in [0, 0.1) is 22.7 Å². The van der Waals surface area contributed by atoms with Gasteiger partial charge in [0.15, 0.2) is 0 Å². The zero-order valence-electron chi connectivity index (χ0n) is 13.9. The predicted molar refractivity (Wildman–Crippen MR) is 84.3 cm³/mol. The topological polar surface area (TPSA) is 12.0 Å². The molecule has 0 spiro atoms. The van der Waals surface area contributed by atoms with E-state index in [1.54, 1.807) is 0 Å². The molecule has 2 saturated carbocycles. The number of hydrogen-bond acceptors (Lipinski definition) is 1. The maximum Gasteiger partial charge on any atom is 0.00773 e. The fourth-order valence-corrected chi connectivity index (χ4v) is 5.07. The lowest BCUT2D eigenvalue weighted by Gasteiger charge is -2.45. The largest absolute Gasteiger partial charge is 0.314 e. The summed E-state index contributed by atoms with van der Waals surface area (Å²) in [5, 5.41) is 3.92. The highest BCUT2D eigenvalue weighted by molar-refractivity contribution is 4.92. The Morgan fingerprint density at radius 1 is 1.00 bits per heavy atom. The molecule has 2 aliphatic carbocycles. The van der Waals surface area contributed by atoms with E-state index in [1.165, 1.54) is 51.5 Å². The number of nitrogens with one attached hydrogen (secondary N) is 1. The van der Waals surface area contributed by atoms with E-state index in [1.807, 2.05) is 0 Å². The Morgan fingerprint density at radius 3 is 2.21 bits per heavy atom. The zero-order valence-corrected chi connectivity index (χ0v) is 13.9. The summed E-state index contributed by atoms with van der Waals surface area (Å²) in [5.41, 5.74) is 1.03. The van der Waals surface area contributed by atoms with Crippen molar-refractivity contribution in [3.8, 4) is 0 Å². The molecule has 19 heavy (non-hydrogen) atoms. The molecule has 0 aliphatic heterocycles. The van der Waals surface area contributed by atoms with E-state index in [0.717, 1.165) is 17.9 Å². The lowest BCUT2D eigenvalue weighted by molar-refractivity contribution is 0.0817. The Kier molecular flexibility index (Phi) is 4.65. The molecule has 1 N–H and O–H groups in total. The average Bonchev–Trinajstić information content (AvgIpc) is 2.22. The maximum atomic E-state index is 3.92. The van der Waals surface area contributed by atoms with Gasteiger partial charge in [-0.25, -0.2) is 0 Å². The second-order valence-corrected chi connectivity index (χ2v) is 9.16. The Labute approximate surface area is 120 Å². The lowest BCUT2D eigenvalue weighted by Crippen LogP contribution is -2.45. The van der Waals surface area contributed by atoms with Crippen LogP contribution >= 0.6 is 0 Å². The molecule has 2 aliphatic rings. The third-order valence-corrected chi connectivity index (χ3v) is 5.30. The second-order valence-electron chi connectivity index (χ2n) is 9.16. The molecule has 1 nitrogen and oxygen atoms in total. The molecule has 2 atom stereocenters. The van der Waals surface area contributed by atoms with Gasteiger partial charge < -0.3 is 5.32 Å². The summed E-state index contributed by atoms with van der Waals surface area (Å²) in [6.45, 7) is 13.5. The third-order valence-electron chi connectivity index (χ3n) is 5.30. The van der Waals surface area contributed by atoms with Crippen molar-refractivity contribution in [2.75, 3.05) is 6.54 Å². The Hall–Kier alpha value is -0.0400. The van der Waals surface area contributed by atoms with E-state index in [9.17, 15) is 0 Å². The highest BCUT2D eigenvalue weighted by atomic mass is 14.9. The summed E-state index contributed by atoms with van der Waals surface area (Å²) in [6, 6.07) is 0.746. The minimum Gasteiger partial charge on any atom is -0.314 e. The molecule has 0 radical (unpaired) electrons. The van der Waals surface area contributed by atoms with Crippen LogP contribution in [0.1, 0.15) is 79.6 Å². The van der Waals surface area contributed by atoms with E-state index < -0.39 is 0 Å². The van der Waals surface area contributed by atoms with Crippen LogP contribution in [0.4, 0.5) is 0 Å². The molecule has 0 amide bonds. The van der Waals surface area contributed by atoms with Gasteiger partial charge in [-0.05, 0) is 61.3 Å². The first-order chi connectivity index (χ1) is 8.76. The first-order valence-corrected chi connectivity index (χ1v) is 8.49. The van der Waals surface area contributed by atoms with Gasteiger partial charge in [0.1, 0.15) is 0 Å². The normalized spacial score (nSPS) is 35.2. The van der Waals surface area contributed by atoms with Gasteiger partial charge in [0.25, 0.3) is 0 Å². The van der Waals surface area contributed by atoms with Crippen molar-refractivity contribution in [1.29, 1.82) is 0 Å². The Morgan fingerprint density at radius 2 is 1.63 bits per heavy atom. The van der Waals surface area contributed by atoms with Gasteiger partial charge in [0, 0.05) is 6.04 Å². The molecular weight excluding hydrogens is 230 g/mol. The molecule has 0 aromatic rings. The fourth-order valence-electron chi connectivity index (χ4n) is 5.07. The van der Waals surface area contributed by atoms with Crippen LogP contribution in [-0.2, 0) is 0 Å². The smallest absolute Gasteiger partial charge is 0.00773 e. The first kappa shape index (κ1) is 15.4. The van der Waals surface area contributed by atoms with Crippen molar-refractivity contribution in [2.24, 2.45) is 22.7 Å². The summed E-state index contributed by atoms with van der Waals surface area (Å²) in [7, 11) is 0. The number of hydrogen-bond donors (Lipinski definition) is 1. The average molecular weight is 265 g/mol. The molecule has 0 aromatic heterocycles. The van der Waals surface area contributed by atoms with Crippen LogP contribution in [0.2, 0.25) is 0 Å². The number of rotatable bonds is 3. The Bertz CT molecular complexity index is 276. The second kappa shape index (κ2) is 5.76. The summed E-state index contributed by atoms with van der Waals surface area (Å²) in [5.74, 6) is 1.90. The summed E-state index contributed by atoms with van der Waals surface area (Å²) >= 11 is 0. The zero-order chi connectivity index (χ0) is 14.1. The standard InChI is InChI=1S/C18H35N/c1-14-7-6-8-15(9-14)12-19-16-10-17(2,3)13-18(4,5)11-16/h14-16,19H,6-13H2,1-5H3. The minimum absolute atomic E-state index is 0.513. The van der Waals surface area contributed by atoms with Crippen LogP contribution in [0.3, 0.4) is 0 Å². The van der Waals surface area contributed by atoms with E-state index in [2.05, 4.69) is 39.9 Å². The monoisotopic (exact) mass is 265 g/mol. The van der Waals surface area contributed by atoms with Crippen LogP contribution in [-0.4, -0.2) is 12.6 Å². The summed E-state index contributed by atoms with van der Waals surface area (Å²) in [4.78, 5) is 0. The molecule has 2 rings (SSSR count). The quantitative estimate of drug-likeness (QED) is 0.756. The molecule has 1 heteroatoms. The van der Waals surface area contributed by atoms with E-state index in [-0.39, 0.29) is 0 Å². The van der Waals surface area contributed by atoms with Gasteiger partial charge in [-0.3, -0.25) is 0 Å². The molecule has 0 saturated heterocycles. The van der Waals surface area contributed by atoms with Crippen LogP contribution in [0.5, 0.6) is 0 Å². The molecule has 2 fully saturated rings. The third kappa shape index (κ3) is 4.77. The summed E-state index contributed by atoms with van der Waals surface area (Å²) in [6.07, 6.45) is 9.91. The molecule has 2 unspecified atom stereocenters. The maximum absolute atomic E-state index is 3.92. The van der Waals surface area contributed by atoms with Crippen LogP contribution in [0.15, 0.2) is 0 Å². The van der Waals surface area contributed by atoms with Gasteiger partial charge in [-0.2, -0.15) is 0 Å². The Balaban J connectivity index is 1.82. The molecule has 112 valence electrons. The molecule has 0 bridgehead atoms. The van der Waals surface area contributed by atoms with Crippen molar-refractivity contribution in [2.45, 2.75) is 85.6 Å². The van der Waals surface area contributed by atoms with Crippen LogP contribution < -0.4 is 5.32 Å². The van der Waals surface area contributed by atoms with Crippen LogP contribution in [0.25, 0.3) is 0 Å². The highest BCUT2D eigenvalue weighted by Crippen LogP contribution is 2.45. The van der Waals surface area contributed by atoms with Gasteiger partial charge >= 0.3 is 0 Å². The van der Waals surface area contributed by atoms with Crippen molar-refractivity contribution < 1.29 is 0 Å². The minimum atomic E-state index is 0.513.